The number of benzene rings is 1. The molecule has 1 aliphatic heterocycles. The lowest BCUT2D eigenvalue weighted by Gasteiger charge is -2.13. The van der Waals surface area contributed by atoms with Gasteiger partial charge < -0.3 is 14.2 Å². The Morgan fingerprint density at radius 2 is 2.12 bits per heavy atom. The van der Waals surface area contributed by atoms with Gasteiger partial charge in [0.15, 0.2) is 23.3 Å². The maximum atomic E-state index is 11.9. The van der Waals surface area contributed by atoms with Crippen LogP contribution in [0.15, 0.2) is 43.0 Å². The highest BCUT2D eigenvalue weighted by Crippen LogP contribution is 2.26. The Bertz CT molecular complexity index is 902. The molecule has 2 aromatic heterocycles. The van der Waals surface area contributed by atoms with E-state index in [1.807, 2.05) is 6.07 Å². The molecule has 3 aromatic rings. The molecule has 0 amide bonds. The van der Waals surface area contributed by atoms with Gasteiger partial charge in [0, 0.05) is 0 Å². The van der Waals surface area contributed by atoms with E-state index in [-0.39, 0.29) is 18.4 Å². The normalized spacial score (nSPS) is 20.0. The lowest BCUT2D eigenvalue weighted by atomic mass is 10.2. The van der Waals surface area contributed by atoms with Crippen LogP contribution in [0, 0.1) is 0 Å². The number of carbonyl (C=O) groups excluding carboxylic acids is 1. The van der Waals surface area contributed by atoms with Gasteiger partial charge in [-0.15, -0.1) is 0 Å². The van der Waals surface area contributed by atoms with Gasteiger partial charge >= 0.3 is 5.97 Å². The van der Waals surface area contributed by atoms with Crippen LogP contribution in [-0.2, 0) is 14.2 Å². The molecule has 0 radical (unpaired) electrons. The van der Waals surface area contributed by atoms with Gasteiger partial charge in [0.05, 0.1) is 18.5 Å². The quantitative estimate of drug-likeness (QED) is 0.520. The zero-order chi connectivity index (χ0) is 17.2. The van der Waals surface area contributed by atoms with Gasteiger partial charge in [-0.2, -0.15) is 0 Å². The zero-order valence-electron chi connectivity index (χ0n) is 12.9. The van der Waals surface area contributed by atoms with Gasteiger partial charge in [-0.3, -0.25) is 4.57 Å². The molecule has 25 heavy (non-hydrogen) atoms. The van der Waals surface area contributed by atoms with Crippen molar-refractivity contribution in [2.75, 3.05) is 13.2 Å². The Hall–Kier alpha value is -2.55. The van der Waals surface area contributed by atoms with E-state index in [9.17, 15) is 4.79 Å². The topological polar surface area (TPSA) is 88.4 Å². The van der Waals surface area contributed by atoms with Crippen molar-refractivity contribution < 1.29 is 19.0 Å². The molecule has 0 unspecified atom stereocenters. The van der Waals surface area contributed by atoms with Crippen molar-refractivity contribution in [1.82, 2.24) is 19.5 Å². The first kappa shape index (κ1) is 15.9. The molecular weight excluding hydrogens is 348 g/mol. The Labute approximate surface area is 147 Å². The maximum Gasteiger partial charge on any atom is 0.338 e. The average Bonchev–Trinajstić information content (AvgIpc) is 3.27. The summed E-state index contributed by atoms with van der Waals surface area (Å²) in [5.41, 5.74) is 1.52. The maximum absolute atomic E-state index is 11.9. The molecule has 0 saturated carbocycles. The van der Waals surface area contributed by atoms with Crippen molar-refractivity contribution in [2.24, 2.45) is 0 Å². The number of hydrogen-bond acceptors (Lipinski definition) is 7. The monoisotopic (exact) mass is 360 g/mol. The number of esters is 1. The van der Waals surface area contributed by atoms with Crippen LogP contribution in [0.25, 0.3) is 11.2 Å². The number of hydrogen-bond donors (Lipinski definition) is 0. The molecule has 1 saturated heterocycles. The first-order chi connectivity index (χ1) is 12.2. The third-order valence-corrected chi connectivity index (χ3v) is 3.99. The SMILES string of the molecule is O=C(OC[C@H]1OC[C@H](n2cnc3c(Cl)ncnc32)O1)c1ccccc1. The number of rotatable bonds is 4. The number of imidazole rings is 1. The van der Waals surface area contributed by atoms with Crippen LogP contribution in [0.3, 0.4) is 0 Å². The summed E-state index contributed by atoms with van der Waals surface area (Å²) in [7, 11) is 0. The van der Waals surface area contributed by atoms with Crippen LogP contribution in [0.4, 0.5) is 0 Å². The summed E-state index contributed by atoms with van der Waals surface area (Å²) in [5.74, 6) is -0.427. The molecule has 0 N–H and O–H groups in total. The standard InChI is InChI=1S/C16H13ClN4O4/c17-14-13-15(19-8-18-14)21(9-20-13)11-6-23-12(25-11)7-24-16(22)10-4-2-1-3-5-10/h1-5,8-9,11-12H,6-7H2/t11-,12+/m1/s1. The van der Waals surface area contributed by atoms with Crippen molar-refractivity contribution in [3.63, 3.8) is 0 Å². The van der Waals surface area contributed by atoms with Gasteiger partial charge in [0.2, 0.25) is 0 Å². The third kappa shape index (κ3) is 3.19. The van der Waals surface area contributed by atoms with Gasteiger partial charge in [-0.1, -0.05) is 29.8 Å². The average molecular weight is 361 g/mol. The first-order valence-electron chi connectivity index (χ1n) is 7.54. The number of nitrogens with zero attached hydrogens (tertiary/aromatic N) is 4. The second-order valence-electron chi connectivity index (χ2n) is 5.31. The molecule has 3 heterocycles. The number of fused-ring (bicyclic) bond motifs is 1. The fourth-order valence-corrected chi connectivity index (χ4v) is 2.69. The van der Waals surface area contributed by atoms with Gasteiger partial charge in [-0.25, -0.2) is 19.7 Å². The lowest BCUT2D eigenvalue weighted by molar-refractivity contribution is -0.102. The summed E-state index contributed by atoms with van der Waals surface area (Å²) in [6.07, 6.45) is 1.83. The number of carbonyl (C=O) groups is 1. The molecule has 1 aliphatic rings. The minimum absolute atomic E-state index is 0.00734. The fraction of sp³-hybridized carbons (Fsp3) is 0.250. The summed E-state index contributed by atoms with van der Waals surface area (Å²) in [6.45, 7) is 0.271. The second-order valence-corrected chi connectivity index (χ2v) is 5.66. The Morgan fingerprint density at radius 1 is 1.28 bits per heavy atom. The summed E-state index contributed by atoms with van der Waals surface area (Å²) in [6, 6.07) is 8.74. The van der Waals surface area contributed by atoms with Crippen LogP contribution in [0.5, 0.6) is 0 Å². The second kappa shape index (κ2) is 6.75. The Kier molecular flexibility index (Phi) is 4.31. The summed E-state index contributed by atoms with van der Waals surface area (Å²) in [4.78, 5) is 24.2. The van der Waals surface area contributed by atoms with Crippen molar-refractivity contribution in [2.45, 2.75) is 12.5 Å². The van der Waals surface area contributed by atoms with E-state index in [1.54, 1.807) is 35.2 Å². The fourth-order valence-electron chi connectivity index (χ4n) is 2.51. The van der Waals surface area contributed by atoms with Crippen LogP contribution < -0.4 is 0 Å². The Balaban J connectivity index is 1.40. The van der Waals surface area contributed by atoms with Crippen molar-refractivity contribution >= 4 is 28.7 Å². The predicted octanol–water partition coefficient (Wildman–Crippen LogP) is 2.21. The largest absolute Gasteiger partial charge is 0.457 e. The summed E-state index contributed by atoms with van der Waals surface area (Å²) < 4.78 is 18.2. The smallest absolute Gasteiger partial charge is 0.338 e. The Morgan fingerprint density at radius 3 is 2.96 bits per heavy atom. The van der Waals surface area contributed by atoms with E-state index in [0.29, 0.717) is 16.7 Å². The van der Waals surface area contributed by atoms with E-state index in [0.717, 1.165) is 0 Å². The molecule has 128 valence electrons. The number of halogens is 1. The molecule has 9 heteroatoms. The van der Waals surface area contributed by atoms with Crippen LogP contribution >= 0.6 is 11.6 Å². The van der Waals surface area contributed by atoms with E-state index in [1.165, 1.54) is 6.33 Å². The molecule has 2 atom stereocenters. The third-order valence-electron chi connectivity index (χ3n) is 3.72. The predicted molar refractivity (Wildman–Crippen MR) is 86.9 cm³/mol. The summed E-state index contributed by atoms with van der Waals surface area (Å²) in [5, 5.41) is 0.274. The van der Waals surface area contributed by atoms with E-state index in [4.69, 9.17) is 25.8 Å². The lowest BCUT2D eigenvalue weighted by Crippen LogP contribution is -2.20. The zero-order valence-corrected chi connectivity index (χ0v) is 13.7. The molecular formula is C16H13ClN4O4. The number of ether oxygens (including phenoxy) is 3. The first-order valence-corrected chi connectivity index (χ1v) is 7.92. The highest BCUT2D eigenvalue weighted by atomic mass is 35.5. The van der Waals surface area contributed by atoms with Crippen LogP contribution in [0.1, 0.15) is 16.6 Å². The van der Waals surface area contributed by atoms with Crippen LogP contribution in [-0.4, -0.2) is 45.0 Å². The van der Waals surface area contributed by atoms with Gasteiger partial charge in [0.25, 0.3) is 0 Å². The van der Waals surface area contributed by atoms with Crippen LogP contribution in [0.2, 0.25) is 5.15 Å². The molecule has 1 aromatic carbocycles. The number of aromatic nitrogens is 4. The molecule has 1 fully saturated rings. The summed E-state index contributed by atoms with van der Waals surface area (Å²) >= 11 is 5.99. The molecule has 4 rings (SSSR count). The van der Waals surface area contributed by atoms with E-state index in [2.05, 4.69) is 15.0 Å². The molecule has 8 nitrogen and oxygen atoms in total. The van der Waals surface area contributed by atoms with Gasteiger partial charge in [0.1, 0.15) is 18.5 Å². The van der Waals surface area contributed by atoms with Crippen molar-refractivity contribution in [3.05, 3.63) is 53.7 Å². The molecule has 0 aliphatic carbocycles. The minimum Gasteiger partial charge on any atom is -0.457 e. The van der Waals surface area contributed by atoms with Crippen molar-refractivity contribution in [1.29, 1.82) is 0 Å². The van der Waals surface area contributed by atoms with E-state index >= 15 is 0 Å². The highest BCUT2D eigenvalue weighted by molar-refractivity contribution is 6.33. The highest BCUT2D eigenvalue weighted by Gasteiger charge is 2.30. The molecule has 0 spiro atoms. The minimum atomic E-state index is -0.660. The molecule has 0 bridgehead atoms. The van der Waals surface area contributed by atoms with Gasteiger partial charge in [-0.05, 0) is 12.1 Å². The van der Waals surface area contributed by atoms with E-state index < -0.39 is 18.5 Å². The van der Waals surface area contributed by atoms with Crippen molar-refractivity contribution in [3.8, 4) is 0 Å².